The normalized spacial score (nSPS) is 10.9. The second kappa shape index (κ2) is 6.38. The molecular weight excluding hydrogens is 348 g/mol. The summed E-state index contributed by atoms with van der Waals surface area (Å²) in [6.45, 7) is 0. The molecule has 23 heavy (non-hydrogen) atoms. The standard InChI is InChI=1S/C12H7F2N5O2S2/c13-6-1-2-8(7(14)3-6)16-9(20)5-22-12-18-19-10(21)4-15-17-11(19)23-12/h1-4H,5H2,(H,16,20). The van der Waals surface area contributed by atoms with Gasteiger partial charge in [-0.2, -0.15) is 9.61 Å². The molecule has 0 saturated carbocycles. The van der Waals surface area contributed by atoms with Gasteiger partial charge in [0.1, 0.15) is 17.8 Å². The maximum absolute atomic E-state index is 13.4. The predicted molar refractivity (Wildman–Crippen MR) is 80.6 cm³/mol. The minimum Gasteiger partial charge on any atom is -0.323 e. The first-order chi connectivity index (χ1) is 11.0. The SMILES string of the molecule is O=C(CSc1nn2c(=O)cnnc2s1)Nc1ccc(F)cc1F. The van der Waals surface area contributed by atoms with Gasteiger partial charge in [0, 0.05) is 6.07 Å². The average Bonchev–Trinajstić information content (AvgIpc) is 2.93. The molecule has 3 aromatic rings. The first kappa shape index (κ1) is 15.5. The minimum atomic E-state index is -0.856. The van der Waals surface area contributed by atoms with Crippen LogP contribution in [0.3, 0.4) is 0 Å². The Bertz CT molecular complexity index is 943. The summed E-state index contributed by atoms with van der Waals surface area (Å²) in [5.41, 5.74) is -0.528. The van der Waals surface area contributed by atoms with Gasteiger partial charge < -0.3 is 5.32 Å². The first-order valence-corrected chi connectivity index (χ1v) is 7.92. The maximum atomic E-state index is 13.4. The van der Waals surface area contributed by atoms with Crippen LogP contribution >= 0.6 is 23.1 Å². The molecule has 0 aliphatic carbocycles. The average molecular weight is 355 g/mol. The van der Waals surface area contributed by atoms with E-state index in [4.69, 9.17) is 0 Å². The molecular formula is C12H7F2N5O2S2. The van der Waals surface area contributed by atoms with Crippen molar-refractivity contribution in [1.82, 2.24) is 19.8 Å². The fraction of sp³-hybridized carbons (Fsp3) is 0.0833. The Morgan fingerprint density at radius 2 is 2.22 bits per heavy atom. The van der Waals surface area contributed by atoms with E-state index in [1.54, 1.807) is 0 Å². The molecule has 0 fully saturated rings. The number of carbonyl (C=O) groups is 1. The highest BCUT2D eigenvalue weighted by Crippen LogP contribution is 2.23. The molecule has 0 unspecified atom stereocenters. The number of halogens is 2. The van der Waals surface area contributed by atoms with E-state index in [-0.39, 0.29) is 11.4 Å². The van der Waals surface area contributed by atoms with Gasteiger partial charge in [0.2, 0.25) is 10.9 Å². The number of nitrogens with one attached hydrogen (secondary N) is 1. The number of fused-ring (bicyclic) bond motifs is 1. The molecule has 11 heteroatoms. The maximum Gasteiger partial charge on any atom is 0.293 e. The van der Waals surface area contributed by atoms with Crippen LogP contribution in [0.4, 0.5) is 14.5 Å². The molecule has 1 N–H and O–H groups in total. The Balaban J connectivity index is 1.66. The van der Waals surface area contributed by atoms with Crippen LogP contribution in [0.25, 0.3) is 4.96 Å². The third-order valence-corrected chi connectivity index (χ3v) is 4.63. The molecule has 0 saturated heterocycles. The molecule has 1 aromatic carbocycles. The number of amides is 1. The number of hydrogen-bond donors (Lipinski definition) is 1. The van der Waals surface area contributed by atoms with Crippen molar-refractivity contribution in [3.05, 3.63) is 46.4 Å². The number of nitrogens with zero attached hydrogens (tertiary/aromatic N) is 4. The third-order valence-electron chi connectivity index (χ3n) is 2.59. The number of rotatable bonds is 4. The number of anilines is 1. The molecule has 0 bridgehead atoms. The lowest BCUT2D eigenvalue weighted by atomic mass is 10.3. The molecule has 7 nitrogen and oxygen atoms in total. The molecule has 3 rings (SSSR count). The van der Waals surface area contributed by atoms with Crippen LogP contribution in [-0.4, -0.2) is 31.5 Å². The zero-order valence-electron chi connectivity index (χ0n) is 11.2. The van der Waals surface area contributed by atoms with Crippen LogP contribution in [-0.2, 0) is 4.79 Å². The Kier molecular flexibility index (Phi) is 4.30. The zero-order chi connectivity index (χ0) is 16.4. The Hall–Kier alpha value is -2.40. The van der Waals surface area contributed by atoms with Gasteiger partial charge in [-0.3, -0.25) is 9.59 Å². The summed E-state index contributed by atoms with van der Waals surface area (Å²) in [4.78, 5) is 23.6. The number of aromatic nitrogens is 4. The summed E-state index contributed by atoms with van der Waals surface area (Å²) >= 11 is 2.16. The summed E-state index contributed by atoms with van der Waals surface area (Å²) < 4.78 is 27.7. The lowest BCUT2D eigenvalue weighted by Gasteiger charge is -2.05. The van der Waals surface area contributed by atoms with Crippen LogP contribution in [0.2, 0.25) is 0 Å². The van der Waals surface area contributed by atoms with Crippen molar-refractivity contribution in [2.24, 2.45) is 0 Å². The van der Waals surface area contributed by atoms with Crippen LogP contribution in [0.1, 0.15) is 0 Å². The van der Waals surface area contributed by atoms with Crippen molar-refractivity contribution in [1.29, 1.82) is 0 Å². The fourth-order valence-corrected chi connectivity index (χ4v) is 3.30. The monoisotopic (exact) mass is 355 g/mol. The molecule has 0 atom stereocenters. The summed E-state index contributed by atoms with van der Waals surface area (Å²) in [6.07, 6.45) is 1.03. The van der Waals surface area contributed by atoms with Crippen LogP contribution < -0.4 is 10.9 Å². The second-order valence-electron chi connectivity index (χ2n) is 4.21. The largest absolute Gasteiger partial charge is 0.323 e. The summed E-state index contributed by atoms with van der Waals surface area (Å²) in [7, 11) is 0. The number of benzene rings is 1. The fourth-order valence-electron chi connectivity index (χ4n) is 1.62. The summed E-state index contributed by atoms with van der Waals surface area (Å²) in [5.74, 6) is -2.13. The smallest absolute Gasteiger partial charge is 0.293 e. The minimum absolute atomic E-state index is 0.0567. The topological polar surface area (TPSA) is 89.3 Å². The van der Waals surface area contributed by atoms with Crippen molar-refractivity contribution in [2.45, 2.75) is 4.34 Å². The molecule has 118 valence electrons. The molecule has 0 radical (unpaired) electrons. The van der Waals surface area contributed by atoms with Crippen molar-refractivity contribution >= 4 is 39.7 Å². The van der Waals surface area contributed by atoms with E-state index in [1.165, 1.54) is 0 Å². The number of carbonyl (C=O) groups excluding carboxylic acids is 1. The van der Waals surface area contributed by atoms with Crippen LogP contribution in [0.15, 0.2) is 33.5 Å². The van der Waals surface area contributed by atoms with Gasteiger partial charge in [0.15, 0.2) is 4.34 Å². The summed E-state index contributed by atoms with van der Waals surface area (Å²) in [5, 5.41) is 13.6. The van der Waals surface area contributed by atoms with E-state index in [1.807, 2.05) is 0 Å². The van der Waals surface area contributed by atoms with E-state index in [0.717, 1.165) is 45.9 Å². The molecule has 2 aromatic heterocycles. The van der Waals surface area contributed by atoms with E-state index in [2.05, 4.69) is 20.6 Å². The molecule has 1 amide bonds. The summed E-state index contributed by atoms with van der Waals surface area (Å²) in [6, 6.07) is 2.87. The van der Waals surface area contributed by atoms with Crippen molar-refractivity contribution < 1.29 is 13.6 Å². The van der Waals surface area contributed by atoms with Crippen molar-refractivity contribution in [3.63, 3.8) is 0 Å². The Morgan fingerprint density at radius 1 is 1.39 bits per heavy atom. The third kappa shape index (κ3) is 3.51. The lowest BCUT2D eigenvalue weighted by molar-refractivity contribution is -0.113. The van der Waals surface area contributed by atoms with Crippen LogP contribution in [0.5, 0.6) is 0 Å². The predicted octanol–water partition coefficient (Wildman–Crippen LogP) is 1.55. The van der Waals surface area contributed by atoms with Gasteiger partial charge >= 0.3 is 0 Å². The Labute approximate surface area is 135 Å². The van der Waals surface area contributed by atoms with E-state index in [9.17, 15) is 18.4 Å². The van der Waals surface area contributed by atoms with Gasteiger partial charge in [-0.1, -0.05) is 23.1 Å². The Morgan fingerprint density at radius 3 is 2.96 bits per heavy atom. The highest BCUT2D eigenvalue weighted by Gasteiger charge is 2.12. The lowest BCUT2D eigenvalue weighted by Crippen LogP contribution is -2.15. The van der Waals surface area contributed by atoms with E-state index >= 15 is 0 Å². The van der Waals surface area contributed by atoms with Gasteiger partial charge in [-0.15, -0.1) is 10.2 Å². The highest BCUT2D eigenvalue weighted by molar-refractivity contribution is 8.01. The molecule has 0 aliphatic heterocycles. The van der Waals surface area contributed by atoms with Crippen molar-refractivity contribution in [3.8, 4) is 0 Å². The highest BCUT2D eigenvalue weighted by atomic mass is 32.2. The second-order valence-corrected chi connectivity index (χ2v) is 6.38. The number of hydrogen-bond acceptors (Lipinski definition) is 7. The quantitative estimate of drug-likeness (QED) is 0.715. The molecule has 0 spiro atoms. The zero-order valence-corrected chi connectivity index (χ0v) is 12.8. The molecule has 2 heterocycles. The molecule has 0 aliphatic rings. The van der Waals surface area contributed by atoms with Gasteiger partial charge in [-0.25, -0.2) is 8.78 Å². The number of thioether (sulfide) groups is 1. The van der Waals surface area contributed by atoms with Gasteiger partial charge in [0.25, 0.3) is 5.56 Å². The van der Waals surface area contributed by atoms with Crippen LogP contribution in [0, 0.1) is 11.6 Å². The first-order valence-electron chi connectivity index (χ1n) is 6.12. The van der Waals surface area contributed by atoms with Gasteiger partial charge in [-0.05, 0) is 12.1 Å². The van der Waals surface area contributed by atoms with Gasteiger partial charge in [0.05, 0.1) is 11.4 Å². The van der Waals surface area contributed by atoms with E-state index < -0.39 is 23.1 Å². The van der Waals surface area contributed by atoms with E-state index in [0.29, 0.717) is 15.4 Å². The van der Waals surface area contributed by atoms with Crippen molar-refractivity contribution in [2.75, 3.05) is 11.1 Å².